The molecule has 0 unspecified atom stereocenters. The van der Waals surface area contributed by atoms with Gasteiger partial charge in [0.1, 0.15) is 5.82 Å². The third-order valence-corrected chi connectivity index (χ3v) is 4.39. The Morgan fingerprint density at radius 1 is 1.08 bits per heavy atom. The maximum atomic E-state index is 12.0. The summed E-state index contributed by atoms with van der Waals surface area (Å²) in [7, 11) is 0. The van der Waals surface area contributed by atoms with Crippen LogP contribution in [0.1, 0.15) is 17.5 Å². The second-order valence-electron chi connectivity index (χ2n) is 6.28. The second-order valence-corrected chi connectivity index (χ2v) is 6.28. The van der Waals surface area contributed by atoms with Crippen LogP contribution in [0, 0.1) is 0 Å². The number of carbonyl (C=O) groups is 1. The quantitative estimate of drug-likeness (QED) is 0.749. The van der Waals surface area contributed by atoms with Gasteiger partial charge >= 0.3 is 6.03 Å². The van der Waals surface area contributed by atoms with E-state index in [0.29, 0.717) is 26.3 Å². The first kappa shape index (κ1) is 18.2. The van der Waals surface area contributed by atoms with E-state index < -0.39 is 0 Å². The zero-order valence-electron chi connectivity index (χ0n) is 15.0. The molecular formula is C20H26N4O2. The highest BCUT2D eigenvalue weighted by atomic mass is 16.5. The molecule has 0 radical (unpaired) electrons. The van der Waals surface area contributed by atoms with Crippen molar-refractivity contribution in [2.24, 2.45) is 0 Å². The summed E-state index contributed by atoms with van der Waals surface area (Å²) in [4.78, 5) is 18.7. The van der Waals surface area contributed by atoms with Gasteiger partial charge in [0.2, 0.25) is 0 Å². The summed E-state index contributed by atoms with van der Waals surface area (Å²) < 4.78 is 5.40. The minimum Gasteiger partial charge on any atom is -0.378 e. The molecule has 1 aromatic heterocycles. The van der Waals surface area contributed by atoms with Crippen LogP contribution in [0.2, 0.25) is 0 Å². The lowest BCUT2D eigenvalue weighted by Gasteiger charge is -2.29. The molecule has 1 aliphatic heterocycles. The van der Waals surface area contributed by atoms with Crippen molar-refractivity contribution in [2.45, 2.75) is 19.4 Å². The van der Waals surface area contributed by atoms with Crippen molar-refractivity contribution in [1.29, 1.82) is 0 Å². The molecule has 26 heavy (non-hydrogen) atoms. The van der Waals surface area contributed by atoms with Gasteiger partial charge in [0.25, 0.3) is 0 Å². The number of hydrogen-bond acceptors (Lipinski definition) is 4. The Bertz CT molecular complexity index is 687. The maximum absolute atomic E-state index is 12.0. The molecule has 0 atom stereocenters. The van der Waals surface area contributed by atoms with E-state index in [1.54, 1.807) is 6.20 Å². The lowest BCUT2D eigenvalue weighted by atomic mass is 10.1. The van der Waals surface area contributed by atoms with Crippen LogP contribution in [0.25, 0.3) is 0 Å². The first-order valence-corrected chi connectivity index (χ1v) is 9.15. The summed E-state index contributed by atoms with van der Waals surface area (Å²) in [5.74, 6) is 0.931. The van der Waals surface area contributed by atoms with E-state index in [1.807, 2.05) is 30.3 Å². The van der Waals surface area contributed by atoms with Crippen LogP contribution in [0.5, 0.6) is 0 Å². The number of amides is 2. The number of urea groups is 1. The number of nitrogens with one attached hydrogen (secondary N) is 2. The zero-order chi connectivity index (χ0) is 18.0. The van der Waals surface area contributed by atoms with E-state index in [2.05, 4.69) is 32.7 Å². The lowest BCUT2D eigenvalue weighted by molar-refractivity contribution is 0.122. The average Bonchev–Trinajstić information content (AvgIpc) is 2.71. The minimum absolute atomic E-state index is 0.144. The molecule has 0 spiro atoms. The van der Waals surface area contributed by atoms with Gasteiger partial charge in [0.15, 0.2) is 0 Å². The normalized spacial score (nSPS) is 14.1. The molecule has 0 saturated carbocycles. The number of pyridine rings is 1. The van der Waals surface area contributed by atoms with Crippen LogP contribution in [-0.2, 0) is 17.7 Å². The summed E-state index contributed by atoms with van der Waals surface area (Å²) in [6, 6.07) is 14.1. The predicted molar refractivity (Wildman–Crippen MR) is 102 cm³/mol. The van der Waals surface area contributed by atoms with Gasteiger partial charge in [-0.3, -0.25) is 0 Å². The molecule has 1 fully saturated rings. The van der Waals surface area contributed by atoms with Crippen molar-refractivity contribution in [1.82, 2.24) is 15.6 Å². The zero-order valence-corrected chi connectivity index (χ0v) is 15.0. The molecular weight excluding hydrogens is 328 g/mol. The Kier molecular flexibility index (Phi) is 6.84. The number of anilines is 1. The number of benzene rings is 1. The standard InChI is InChI=1S/C20H26N4O2/c25-20(22-11-4-8-17-6-2-1-3-7-17)23-16-18-9-5-10-21-19(18)24-12-14-26-15-13-24/h1-3,5-7,9-10H,4,8,11-16H2,(H2,22,23,25). The van der Waals surface area contributed by atoms with Crippen molar-refractivity contribution >= 4 is 11.8 Å². The summed E-state index contributed by atoms with van der Waals surface area (Å²) in [6.45, 7) is 4.21. The van der Waals surface area contributed by atoms with E-state index in [9.17, 15) is 4.79 Å². The van der Waals surface area contributed by atoms with Gasteiger partial charge in [-0.15, -0.1) is 0 Å². The number of rotatable bonds is 7. The highest BCUT2D eigenvalue weighted by molar-refractivity contribution is 5.74. The SMILES string of the molecule is O=C(NCCCc1ccccc1)NCc1cccnc1N1CCOCC1. The molecule has 2 N–H and O–H groups in total. The van der Waals surface area contributed by atoms with Crippen LogP contribution in [0.15, 0.2) is 48.7 Å². The summed E-state index contributed by atoms with van der Waals surface area (Å²) in [6.07, 6.45) is 3.67. The number of nitrogens with zero attached hydrogens (tertiary/aromatic N) is 2. The third kappa shape index (κ3) is 5.46. The molecule has 6 nitrogen and oxygen atoms in total. The highest BCUT2D eigenvalue weighted by Crippen LogP contribution is 2.18. The van der Waals surface area contributed by atoms with Crippen LogP contribution >= 0.6 is 0 Å². The largest absolute Gasteiger partial charge is 0.378 e. The Labute approximate surface area is 154 Å². The first-order valence-electron chi connectivity index (χ1n) is 9.15. The fourth-order valence-corrected chi connectivity index (χ4v) is 3.01. The fraction of sp³-hybridized carbons (Fsp3) is 0.400. The van der Waals surface area contributed by atoms with Gasteiger partial charge in [0, 0.05) is 37.9 Å². The maximum Gasteiger partial charge on any atom is 0.315 e. The van der Waals surface area contributed by atoms with Gasteiger partial charge in [-0.25, -0.2) is 9.78 Å². The molecule has 3 rings (SSSR count). The number of hydrogen-bond donors (Lipinski definition) is 2. The molecule has 138 valence electrons. The Morgan fingerprint density at radius 2 is 1.88 bits per heavy atom. The van der Waals surface area contributed by atoms with E-state index in [-0.39, 0.29) is 6.03 Å². The molecule has 0 bridgehead atoms. The molecule has 2 amide bonds. The molecule has 1 saturated heterocycles. The molecule has 2 heterocycles. The molecule has 1 aliphatic rings. The lowest BCUT2D eigenvalue weighted by Crippen LogP contribution is -2.39. The van der Waals surface area contributed by atoms with E-state index in [0.717, 1.165) is 37.3 Å². The highest BCUT2D eigenvalue weighted by Gasteiger charge is 2.16. The third-order valence-electron chi connectivity index (χ3n) is 4.39. The molecule has 1 aromatic carbocycles. The average molecular weight is 354 g/mol. The van der Waals surface area contributed by atoms with Gasteiger partial charge in [-0.1, -0.05) is 36.4 Å². The van der Waals surface area contributed by atoms with Gasteiger partial charge in [-0.05, 0) is 24.5 Å². The van der Waals surface area contributed by atoms with Crippen molar-refractivity contribution in [2.75, 3.05) is 37.7 Å². The van der Waals surface area contributed by atoms with E-state index in [4.69, 9.17) is 4.74 Å². The smallest absolute Gasteiger partial charge is 0.315 e. The second kappa shape index (κ2) is 9.77. The topological polar surface area (TPSA) is 66.5 Å². The van der Waals surface area contributed by atoms with Gasteiger partial charge in [0.05, 0.1) is 13.2 Å². The molecule has 0 aliphatic carbocycles. The summed E-state index contributed by atoms with van der Waals surface area (Å²) in [5.41, 5.74) is 2.31. The van der Waals surface area contributed by atoms with E-state index >= 15 is 0 Å². The van der Waals surface area contributed by atoms with Gasteiger partial charge < -0.3 is 20.3 Å². The van der Waals surface area contributed by atoms with Crippen LogP contribution < -0.4 is 15.5 Å². The van der Waals surface area contributed by atoms with Gasteiger partial charge in [-0.2, -0.15) is 0 Å². The van der Waals surface area contributed by atoms with Crippen molar-refractivity contribution in [3.63, 3.8) is 0 Å². The van der Waals surface area contributed by atoms with Crippen LogP contribution in [0.4, 0.5) is 10.6 Å². The molecule has 2 aromatic rings. The van der Waals surface area contributed by atoms with Crippen molar-refractivity contribution in [3.8, 4) is 0 Å². The fourth-order valence-electron chi connectivity index (χ4n) is 3.01. The number of morpholine rings is 1. The Hall–Kier alpha value is -2.60. The number of carbonyl (C=O) groups excluding carboxylic acids is 1. The Morgan fingerprint density at radius 3 is 2.69 bits per heavy atom. The van der Waals surface area contributed by atoms with Crippen LogP contribution in [-0.4, -0.2) is 43.9 Å². The monoisotopic (exact) mass is 354 g/mol. The first-order chi connectivity index (χ1) is 12.8. The Balaban J connectivity index is 1.41. The number of ether oxygens (including phenoxy) is 1. The van der Waals surface area contributed by atoms with Crippen molar-refractivity contribution < 1.29 is 9.53 Å². The predicted octanol–water partition coefficient (Wildman–Crippen LogP) is 2.35. The minimum atomic E-state index is -0.144. The molecule has 6 heteroatoms. The van der Waals surface area contributed by atoms with E-state index in [1.165, 1.54) is 5.56 Å². The number of aryl methyl sites for hydroxylation is 1. The number of aromatic nitrogens is 1. The van der Waals surface area contributed by atoms with Crippen LogP contribution in [0.3, 0.4) is 0 Å². The summed E-state index contributed by atoms with van der Waals surface area (Å²) in [5, 5.41) is 5.85. The van der Waals surface area contributed by atoms with Crippen molar-refractivity contribution in [3.05, 3.63) is 59.8 Å². The summed E-state index contributed by atoms with van der Waals surface area (Å²) >= 11 is 0.